The molecule has 0 amide bonds. The molecule has 0 N–H and O–H groups in total. The van der Waals surface area contributed by atoms with Crippen LogP contribution in [0.25, 0.3) is 0 Å². The molecule has 2 heteroatoms. The fourth-order valence-corrected chi connectivity index (χ4v) is 18.5. The van der Waals surface area contributed by atoms with E-state index in [4.69, 9.17) is 0 Å². The van der Waals surface area contributed by atoms with E-state index in [9.17, 15) is 0 Å². The van der Waals surface area contributed by atoms with E-state index in [1.807, 2.05) is 0 Å². The van der Waals surface area contributed by atoms with E-state index in [0.29, 0.717) is 23.6 Å². The van der Waals surface area contributed by atoms with Gasteiger partial charge in [0.1, 0.15) is 0 Å². The molecule has 0 aromatic rings. The van der Waals surface area contributed by atoms with Crippen LogP contribution in [-0.4, -0.2) is 25.8 Å². The topological polar surface area (TPSA) is 0 Å². The van der Waals surface area contributed by atoms with Crippen LogP contribution in [0.5, 0.6) is 0 Å². The van der Waals surface area contributed by atoms with E-state index >= 15 is 0 Å². The van der Waals surface area contributed by atoms with Gasteiger partial charge in [0.15, 0.2) is 0 Å². The zero-order valence-corrected chi connectivity index (χ0v) is 10.7. The average molecular weight is 258 g/mol. The zero-order valence-electron chi connectivity index (χ0n) is 7.41. The molecule has 0 aliphatic rings. The van der Waals surface area contributed by atoms with Crippen LogP contribution in [0.1, 0.15) is 20.8 Å². The Balaban J connectivity index is 3.75. The Morgan fingerprint density at radius 1 is 1.00 bits per heavy atom. The molecule has 0 aromatic heterocycles. The molecule has 0 aliphatic carbocycles. The third-order valence-corrected chi connectivity index (χ3v) is 12.3. The van der Waals surface area contributed by atoms with Gasteiger partial charge in [-0.1, -0.05) is 0 Å². The molecule has 0 nitrogen and oxygen atoms in total. The molecule has 1 radical (unpaired) electrons. The van der Waals surface area contributed by atoms with Crippen molar-refractivity contribution >= 4 is 25.8 Å². The van der Waals surface area contributed by atoms with Crippen molar-refractivity contribution in [2.45, 2.75) is 43.9 Å². The van der Waals surface area contributed by atoms with Crippen molar-refractivity contribution in [1.82, 2.24) is 0 Å². The fourth-order valence-electron chi connectivity index (χ4n) is 0.919. The molecule has 0 unspecified atom stereocenters. The molecular formula is C7H18SiTe+. The van der Waals surface area contributed by atoms with Gasteiger partial charge in [0.25, 0.3) is 0 Å². The van der Waals surface area contributed by atoms with E-state index in [-0.39, 0.29) is 0 Å². The van der Waals surface area contributed by atoms with Crippen molar-refractivity contribution in [3.63, 3.8) is 0 Å². The van der Waals surface area contributed by atoms with Crippen LogP contribution in [-0.2, 0) is 0 Å². The molecule has 0 atom stereocenters. The van der Waals surface area contributed by atoms with Gasteiger partial charge in [-0.25, -0.2) is 0 Å². The molecule has 0 heterocycles. The molecule has 0 aliphatic heterocycles. The van der Waals surface area contributed by atoms with E-state index in [1.165, 1.54) is 0 Å². The third kappa shape index (κ3) is 9.01. The SMILES string of the molecule is CC(C)(C)[Te+][Si](C)(C)C. The molecule has 0 saturated heterocycles. The van der Waals surface area contributed by atoms with Crippen molar-refractivity contribution in [1.29, 1.82) is 0 Å². The fraction of sp³-hybridized carbons (Fsp3) is 1.00. The average Bonchev–Trinajstić information content (AvgIpc) is 1.14. The molecule has 55 valence electrons. The van der Waals surface area contributed by atoms with Gasteiger partial charge >= 0.3 is 69.6 Å². The van der Waals surface area contributed by atoms with Crippen LogP contribution in [0.4, 0.5) is 0 Å². The number of hydrogen-bond donors (Lipinski definition) is 0. The first kappa shape index (κ1) is 10.0. The Morgan fingerprint density at radius 3 is 1.33 bits per heavy atom. The van der Waals surface area contributed by atoms with E-state index in [2.05, 4.69) is 40.4 Å². The molecule has 0 rings (SSSR count). The van der Waals surface area contributed by atoms with E-state index in [0.717, 1.165) is 0 Å². The summed E-state index contributed by atoms with van der Waals surface area (Å²) < 4.78 is 0.676. The van der Waals surface area contributed by atoms with Gasteiger partial charge in [0.05, 0.1) is 0 Å². The standard InChI is InChI=1S/C7H18SiTe/c1-7(2,3)9-8(4,5)6/h1-6H3/q+1. The Hall–Kier alpha value is 1.01. The van der Waals surface area contributed by atoms with Gasteiger partial charge in [-0.05, 0) is 0 Å². The van der Waals surface area contributed by atoms with E-state index < -0.39 is 5.62 Å². The van der Waals surface area contributed by atoms with Crippen molar-refractivity contribution in [3.05, 3.63) is 0 Å². The van der Waals surface area contributed by atoms with Gasteiger partial charge in [-0.2, -0.15) is 0 Å². The zero-order chi connectivity index (χ0) is 7.71. The maximum absolute atomic E-state index is 2.49. The molecule has 0 fully saturated rings. The van der Waals surface area contributed by atoms with Crippen LogP contribution in [0.2, 0.25) is 23.1 Å². The Bertz CT molecular complexity index is 74.1. The van der Waals surface area contributed by atoms with Crippen molar-refractivity contribution in [2.24, 2.45) is 0 Å². The van der Waals surface area contributed by atoms with Gasteiger partial charge in [-0.3, -0.25) is 0 Å². The number of hydrogen-bond acceptors (Lipinski definition) is 0. The van der Waals surface area contributed by atoms with Crippen LogP contribution >= 0.6 is 0 Å². The van der Waals surface area contributed by atoms with Crippen molar-refractivity contribution in [2.75, 3.05) is 0 Å². The Kier molecular flexibility index (Phi) is 3.27. The second kappa shape index (κ2) is 2.94. The molecule has 0 bridgehead atoms. The van der Waals surface area contributed by atoms with Crippen molar-refractivity contribution in [3.8, 4) is 0 Å². The van der Waals surface area contributed by atoms with Crippen LogP contribution < -0.4 is 0 Å². The van der Waals surface area contributed by atoms with Crippen LogP contribution in [0, 0.1) is 0 Å². The molecule has 0 spiro atoms. The summed E-state index contributed by atoms with van der Waals surface area (Å²) in [5, 5.41) is 0. The minimum absolute atomic E-state index is 0.304. The summed E-state index contributed by atoms with van der Waals surface area (Å²) in [7, 11) is 0. The molecule has 0 saturated carbocycles. The normalized spacial score (nSPS) is 14.0. The predicted molar refractivity (Wildman–Crippen MR) is 48.8 cm³/mol. The first-order chi connectivity index (χ1) is 3.71. The van der Waals surface area contributed by atoms with Crippen LogP contribution in [0.15, 0.2) is 0 Å². The van der Waals surface area contributed by atoms with Crippen molar-refractivity contribution < 1.29 is 0 Å². The third-order valence-electron chi connectivity index (χ3n) is 0.612. The van der Waals surface area contributed by atoms with Gasteiger partial charge in [-0.15, -0.1) is 0 Å². The first-order valence-electron chi connectivity index (χ1n) is 3.41. The van der Waals surface area contributed by atoms with Gasteiger partial charge < -0.3 is 0 Å². The summed E-state index contributed by atoms with van der Waals surface area (Å²) in [6, 6.07) is 0. The quantitative estimate of drug-likeness (QED) is 0.634. The molecular weight excluding hydrogens is 240 g/mol. The predicted octanol–water partition coefficient (Wildman–Crippen LogP) is 2.74. The minimum atomic E-state index is -0.663. The second-order valence-electron chi connectivity index (χ2n) is 4.33. The monoisotopic (exact) mass is 260 g/mol. The first-order valence-corrected chi connectivity index (χ1v) is 11.5. The van der Waals surface area contributed by atoms with Gasteiger partial charge in [0.2, 0.25) is 0 Å². The maximum atomic E-state index is 2.49. The van der Waals surface area contributed by atoms with Crippen LogP contribution in [0.3, 0.4) is 0 Å². The summed E-state index contributed by atoms with van der Waals surface area (Å²) in [4.78, 5) is 0. The molecule has 0 aromatic carbocycles. The Morgan fingerprint density at radius 2 is 1.33 bits per heavy atom. The summed E-state index contributed by atoms with van der Waals surface area (Å²) in [5.41, 5.74) is -0.663. The summed E-state index contributed by atoms with van der Waals surface area (Å²) in [6.45, 7) is 14.6. The van der Waals surface area contributed by atoms with Gasteiger partial charge in [0, 0.05) is 0 Å². The summed E-state index contributed by atoms with van der Waals surface area (Å²) >= 11 is 0.304. The molecule has 9 heavy (non-hydrogen) atoms. The Labute approximate surface area is 69.6 Å². The summed E-state index contributed by atoms with van der Waals surface area (Å²) in [5.74, 6) is 0. The number of rotatable bonds is 1. The summed E-state index contributed by atoms with van der Waals surface area (Å²) in [6.07, 6.45) is 0. The second-order valence-corrected chi connectivity index (χ2v) is 24.5. The van der Waals surface area contributed by atoms with E-state index in [1.54, 1.807) is 0 Å².